The Bertz CT molecular complexity index is 1120. The predicted octanol–water partition coefficient (Wildman–Crippen LogP) is 6.34. The average molecular weight is 678 g/mol. The summed E-state index contributed by atoms with van der Waals surface area (Å²) < 4.78 is 27.8. The second-order valence-corrected chi connectivity index (χ2v) is 11.9. The van der Waals surface area contributed by atoms with Crippen molar-refractivity contribution in [1.82, 2.24) is 4.90 Å². The third-order valence-corrected chi connectivity index (χ3v) is 8.25. The van der Waals surface area contributed by atoms with Crippen molar-refractivity contribution in [2.45, 2.75) is 9.40 Å². The van der Waals surface area contributed by atoms with Crippen LogP contribution in [0.4, 0.5) is 25.0 Å². The first-order valence-corrected chi connectivity index (χ1v) is 12.1. The highest BCUT2D eigenvalue weighted by atomic mass is 79.9. The topological polar surface area (TPSA) is 65.0 Å². The van der Waals surface area contributed by atoms with Crippen molar-refractivity contribution in [2.24, 2.45) is 4.99 Å². The monoisotopic (exact) mass is 674 g/mol. The summed E-state index contributed by atoms with van der Waals surface area (Å²) in [4.78, 5) is 31.7. The molecule has 1 saturated heterocycles. The van der Waals surface area contributed by atoms with Gasteiger partial charge >= 0.3 is 11.9 Å². The molecule has 1 aliphatic rings. The number of amidine groups is 1. The molecule has 0 radical (unpaired) electrons. The third kappa shape index (κ3) is 4.82. The molecule has 13 heteroatoms. The number of hydrogen-bond acceptors (Lipinski definition) is 4. The number of urea groups is 1. The standard InChI is InChI=1S/C19H13Br3Cl2F2N4O2/c1-29-15(16(31)30(18(29)32)12-5-3-2-4-10(12)25)28-17(19(21,22)8-23)27-11-7-6-9(24)13(20)14(11)26/h2-7,17,27H,8H2,1H3/b28-15+. The average Bonchev–Trinajstić information content (AvgIpc) is 2.96. The lowest BCUT2D eigenvalue weighted by Crippen LogP contribution is -2.40. The van der Waals surface area contributed by atoms with Crippen molar-refractivity contribution in [2.75, 3.05) is 23.1 Å². The first-order chi connectivity index (χ1) is 15.0. The smallest absolute Gasteiger partial charge is 0.337 e. The van der Waals surface area contributed by atoms with Gasteiger partial charge in [-0.05, 0) is 40.2 Å². The van der Waals surface area contributed by atoms with Crippen LogP contribution in [-0.4, -0.2) is 45.0 Å². The van der Waals surface area contributed by atoms with E-state index in [9.17, 15) is 18.4 Å². The number of carbonyl (C=O) groups is 2. The number of benzene rings is 2. The Morgan fingerprint density at radius 3 is 2.47 bits per heavy atom. The fraction of sp³-hybridized carbons (Fsp3) is 0.211. The molecular formula is C19H13Br3Cl2F2N4O2. The van der Waals surface area contributed by atoms with Crippen molar-refractivity contribution in [3.05, 3.63) is 57.5 Å². The van der Waals surface area contributed by atoms with Crippen LogP contribution in [0.1, 0.15) is 0 Å². The highest BCUT2D eigenvalue weighted by Crippen LogP contribution is 2.37. The molecule has 0 aromatic heterocycles. The van der Waals surface area contributed by atoms with Gasteiger partial charge in [-0.15, -0.1) is 11.6 Å². The predicted molar refractivity (Wildman–Crippen MR) is 132 cm³/mol. The molecule has 0 saturated carbocycles. The van der Waals surface area contributed by atoms with E-state index < -0.39 is 33.0 Å². The first-order valence-electron chi connectivity index (χ1n) is 8.78. The lowest BCUT2D eigenvalue weighted by molar-refractivity contribution is -0.111. The van der Waals surface area contributed by atoms with Crippen LogP contribution in [0.25, 0.3) is 0 Å². The molecule has 1 heterocycles. The molecule has 1 N–H and O–H groups in total. The van der Waals surface area contributed by atoms with E-state index in [2.05, 4.69) is 58.1 Å². The van der Waals surface area contributed by atoms with Crippen LogP contribution in [0.2, 0.25) is 5.02 Å². The Kier molecular flexibility index (Phi) is 7.86. The molecule has 0 spiro atoms. The summed E-state index contributed by atoms with van der Waals surface area (Å²) >= 11 is 21.7. The summed E-state index contributed by atoms with van der Waals surface area (Å²) in [5.74, 6) is -2.65. The molecule has 1 aliphatic heterocycles. The summed E-state index contributed by atoms with van der Waals surface area (Å²) in [5.41, 5.74) is -0.201. The normalized spacial score (nSPS) is 16.8. The molecule has 2 aromatic rings. The summed E-state index contributed by atoms with van der Waals surface area (Å²) in [7, 11) is 1.32. The fourth-order valence-corrected chi connectivity index (χ4v) is 3.84. The zero-order chi connectivity index (χ0) is 23.8. The summed E-state index contributed by atoms with van der Waals surface area (Å²) in [5, 5.41) is 3.00. The number of aliphatic imine (C=N–C) groups is 1. The number of rotatable bonds is 6. The summed E-state index contributed by atoms with van der Waals surface area (Å²) in [6.07, 6.45) is -1.09. The molecule has 1 unspecified atom stereocenters. The second kappa shape index (κ2) is 9.92. The zero-order valence-electron chi connectivity index (χ0n) is 16.1. The van der Waals surface area contributed by atoms with E-state index in [0.29, 0.717) is 4.90 Å². The fourth-order valence-electron chi connectivity index (χ4n) is 2.77. The quantitative estimate of drug-likeness (QED) is 0.221. The molecule has 32 heavy (non-hydrogen) atoms. The van der Waals surface area contributed by atoms with Crippen LogP contribution >= 0.6 is 71.0 Å². The Labute approximate surface area is 217 Å². The minimum absolute atomic E-state index is 0.00871. The van der Waals surface area contributed by atoms with Crippen LogP contribution in [0, 0.1) is 11.6 Å². The number of hydrogen-bond donors (Lipinski definition) is 1. The SMILES string of the molecule is CN1C(=O)N(c2ccccc2F)C(=O)/C1=N\C(Nc1ccc(Cl)c(Br)c1F)C(Br)(Br)CCl. The molecule has 0 bridgehead atoms. The van der Waals surface area contributed by atoms with Crippen molar-refractivity contribution >= 4 is 100 Å². The zero-order valence-corrected chi connectivity index (χ0v) is 22.3. The van der Waals surface area contributed by atoms with Gasteiger partial charge in [-0.1, -0.05) is 55.6 Å². The van der Waals surface area contributed by atoms with Crippen LogP contribution in [0.3, 0.4) is 0 Å². The van der Waals surface area contributed by atoms with E-state index in [-0.39, 0.29) is 32.6 Å². The maximum Gasteiger partial charge on any atom is 0.337 e. The number of halogens is 7. The molecule has 3 rings (SSSR count). The number of carbonyl (C=O) groups excluding carboxylic acids is 2. The van der Waals surface area contributed by atoms with E-state index in [4.69, 9.17) is 23.2 Å². The van der Waals surface area contributed by atoms with E-state index in [1.807, 2.05) is 0 Å². The van der Waals surface area contributed by atoms with Crippen LogP contribution < -0.4 is 10.2 Å². The van der Waals surface area contributed by atoms with E-state index in [1.165, 1.54) is 37.4 Å². The van der Waals surface area contributed by atoms with Gasteiger partial charge in [0.15, 0.2) is 5.82 Å². The number of alkyl halides is 3. The van der Waals surface area contributed by atoms with Gasteiger partial charge in [0.05, 0.1) is 26.8 Å². The molecule has 6 nitrogen and oxygen atoms in total. The lowest BCUT2D eigenvalue weighted by atomic mass is 10.2. The second-order valence-electron chi connectivity index (χ2n) is 6.55. The molecule has 1 atom stereocenters. The Morgan fingerprint density at radius 2 is 1.84 bits per heavy atom. The van der Waals surface area contributed by atoms with Gasteiger partial charge in [-0.25, -0.2) is 23.5 Å². The number of para-hydroxylation sites is 1. The Morgan fingerprint density at radius 1 is 1.19 bits per heavy atom. The number of anilines is 2. The summed E-state index contributed by atoms with van der Waals surface area (Å²) in [6.45, 7) is 0. The largest absolute Gasteiger partial charge is 0.359 e. The Balaban J connectivity index is 2.04. The molecule has 0 aliphatic carbocycles. The highest BCUT2D eigenvalue weighted by molar-refractivity contribution is 9.25. The third-order valence-electron chi connectivity index (χ3n) is 4.44. The van der Waals surface area contributed by atoms with Crippen molar-refractivity contribution in [3.8, 4) is 0 Å². The Hall–Kier alpha value is -1.27. The number of amides is 3. The molecule has 3 amide bonds. The van der Waals surface area contributed by atoms with Gasteiger partial charge in [0.25, 0.3) is 0 Å². The van der Waals surface area contributed by atoms with Crippen molar-refractivity contribution < 1.29 is 18.4 Å². The maximum atomic E-state index is 14.7. The number of nitrogens with one attached hydrogen (secondary N) is 1. The van der Waals surface area contributed by atoms with Crippen LogP contribution in [0.15, 0.2) is 45.9 Å². The number of likely N-dealkylation sites (N-methyl/N-ethyl adjacent to an activating group) is 1. The minimum atomic E-state index is -1.15. The number of nitrogens with zero attached hydrogens (tertiary/aromatic N) is 3. The highest BCUT2D eigenvalue weighted by Gasteiger charge is 2.44. The van der Waals surface area contributed by atoms with E-state index in [1.54, 1.807) is 0 Å². The van der Waals surface area contributed by atoms with Gasteiger partial charge in [-0.3, -0.25) is 9.69 Å². The van der Waals surface area contributed by atoms with Gasteiger partial charge < -0.3 is 5.32 Å². The van der Waals surface area contributed by atoms with Gasteiger partial charge in [-0.2, -0.15) is 0 Å². The maximum absolute atomic E-state index is 14.7. The molecule has 1 fully saturated rings. The van der Waals surface area contributed by atoms with Gasteiger partial charge in [0.1, 0.15) is 15.2 Å². The first kappa shape index (κ1) is 25.4. The van der Waals surface area contributed by atoms with Crippen LogP contribution in [-0.2, 0) is 4.79 Å². The number of imide groups is 1. The van der Waals surface area contributed by atoms with Gasteiger partial charge in [0.2, 0.25) is 5.84 Å². The van der Waals surface area contributed by atoms with Crippen molar-refractivity contribution in [1.29, 1.82) is 0 Å². The lowest BCUT2D eigenvalue weighted by Gasteiger charge is -2.28. The molecule has 2 aromatic carbocycles. The molecule has 170 valence electrons. The van der Waals surface area contributed by atoms with Crippen molar-refractivity contribution in [3.63, 3.8) is 0 Å². The molecular weight excluding hydrogens is 665 g/mol. The minimum Gasteiger partial charge on any atom is -0.359 e. The van der Waals surface area contributed by atoms with Gasteiger partial charge in [0, 0.05) is 7.05 Å². The summed E-state index contributed by atoms with van der Waals surface area (Å²) in [6, 6.07) is 7.42. The van der Waals surface area contributed by atoms with Crippen LogP contribution in [0.5, 0.6) is 0 Å². The van der Waals surface area contributed by atoms with E-state index in [0.717, 1.165) is 11.0 Å². The van der Waals surface area contributed by atoms with E-state index >= 15 is 0 Å².